The molecule has 3 fully saturated rings. The summed E-state index contributed by atoms with van der Waals surface area (Å²) >= 11 is 0. The number of benzene rings is 1. The number of carbonyl (C=O) groups excluding carboxylic acids is 3. The van der Waals surface area contributed by atoms with Crippen LogP contribution in [0.2, 0.25) is 0 Å². The lowest BCUT2D eigenvalue weighted by Crippen LogP contribution is -2.68. The number of amides is 4. The highest BCUT2D eigenvalue weighted by atomic mass is 19.4. The number of carbonyl (C=O) groups is 3. The summed E-state index contributed by atoms with van der Waals surface area (Å²) in [7, 11) is 0. The second kappa shape index (κ2) is 9.91. The van der Waals surface area contributed by atoms with Crippen molar-refractivity contribution in [2.24, 2.45) is 17.8 Å². The van der Waals surface area contributed by atoms with Crippen molar-refractivity contribution in [2.45, 2.75) is 78.1 Å². The van der Waals surface area contributed by atoms with E-state index in [4.69, 9.17) is 0 Å². The summed E-state index contributed by atoms with van der Waals surface area (Å²) in [5.74, 6) is -0.568. The molecular formula is C25H34F3N5O3. The van der Waals surface area contributed by atoms with Crippen LogP contribution in [0.15, 0.2) is 24.3 Å². The van der Waals surface area contributed by atoms with Gasteiger partial charge in [0.15, 0.2) is 6.29 Å². The average molecular weight is 510 g/mol. The van der Waals surface area contributed by atoms with E-state index in [1.54, 1.807) is 9.80 Å². The molecule has 2 heterocycles. The van der Waals surface area contributed by atoms with Crippen molar-refractivity contribution in [1.29, 1.82) is 0 Å². The van der Waals surface area contributed by atoms with Crippen LogP contribution in [0.25, 0.3) is 0 Å². The monoisotopic (exact) mass is 509 g/mol. The summed E-state index contributed by atoms with van der Waals surface area (Å²) in [5.41, 5.74) is 2.59. The average Bonchev–Trinajstić information content (AvgIpc) is 3.12. The maximum Gasteiger partial charge on any atom is 0.416 e. The molecule has 4 atom stereocenters. The van der Waals surface area contributed by atoms with Crippen molar-refractivity contribution in [3.63, 3.8) is 0 Å². The molecule has 4 rings (SSSR count). The van der Waals surface area contributed by atoms with Crippen LogP contribution in [0.4, 0.5) is 18.0 Å². The number of rotatable bonds is 6. The highest BCUT2D eigenvalue weighted by molar-refractivity contribution is 5.87. The Kier molecular flexibility index (Phi) is 7.23. The molecule has 3 aliphatic rings. The van der Waals surface area contributed by atoms with Crippen LogP contribution in [-0.2, 0) is 22.3 Å². The quantitative estimate of drug-likeness (QED) is 0.615. The van der Waals surface area contributed by atoms with Gasteiger partial charge in [0.1, 0.15) is 0 Å². The molecular weight excluding hydrogens is 475 g/mol. The first-order valence-electron chi connectivity index (χ1n) is 12.5. The highest BCUT2D eigenvalue weighted by Crippen LogP contribution is 2.41. The molecule has 1 aliphatic carbocycles. The van der Waals surface area contributed by atoms with Gasteiger partial charge < -0.3 is 10.2 Å². The van der Waals surface area contributed by atoms with Gasteiger partial charge in [0, 0.05) is 24.5 Å². The number of urea groups is 1. The molecule has 36 heavy (non-hydrogen) atoms. The van der Waals surface area contributed by atoms with Crippen LogP contribution in [0, 0.1) is 17.8 Å². The Bertz CT molecular complexity index is 1010. The predicted octanol–water partition coefficient (Wildman–Crippen LogP) is 3.54. The molecule has 8 nitrogen and oxygen atoms in total. The van der Waals surface area contributed by atoms with Crippen molar-refractivity contribution >= 4 is 17.8 Å². The molecule has 11 heteroatoms. The van der Waals surface area contributed by atoms with Crippen molar-refractivity contribution in [1.82, 2.24) is 25.6 Å². The van der Waals surface area contributed by atoms with Crippen molar-refractivity contribution in [2.75, 3.05) is 6.54 Å². The lowest BCUT2D eigenvalue weighted by Gasteiger charge is -2.51. The topological polar surface area (TPSA) is 85.0 Å². The summed E-state index contributed by atoms with van der Waals surface area (Å²) in [4.78, 5) is 43.1. The fraction of sp³-hybridized carbons (Fsp3) is 0.640. The molecule has 0 radical (unpaired) electrons. The summed E-state index contributed by atoms with van der Waals surface area (Å²) < 4.78 is 39.6. The van der Waals surface area contributed by atoms with Gasteiger partial charge in [0.05, 0.1) is 18.0 Å². The predicted molar refractivity (Wildman–Crippen MR) is 126 cm³/mol. The van der Waals surface area contributed by atoms with Gasteiger partial charge in [0.25, 0.3) is 0 Å². The Balaban J connectivity index is 1.58. The highest BCUT2D eigenvalue weighted by Gasteiger charge is 2.56. The standard InChI is InChI=1S/C25H34F3N5O3/c1-14(2)12-29-21(34)17-8-9-19-20(11-17)33-23(32(15(3)4)22(19)35)30-31(24(33)36)13-16-6-5-7-18(10-16)25(26,27)28/h5-7,10,14-15,17,19-20,23,30H,8-9,11-13H2,1-4H3,(H,29,34). The fourth-order valence-corrected chi connectivity index (χ4v) is 5.44. The van der Waals surface area contributed by atoms with Gasteiger partial charge >= 0.3 is 12.2 Å². The molecule has 4 amide bonds. The smallest absolute Gasteiger partial charge is 0.356 e. The lowest BCUT2D eigenvalue weighted by atomic mass is 9.75. The van der Waals surface area contributed by atoms with E-state index >= 15 is 0 Å². The lowest BCUT2D eigenvalue weighted by molar-refractivity contribution is -0.162. The molecule has 1 aromatic rings. The van der Waals surface area contributed by atoms with Gasteiger partial charge in [-0.05, 0) is 56.7 Å². The zero-order chi connectivity index (χ0) is 26.4. The van der Waals surface area contributed by atoms with Gasteiger partial charge in [-0.3, -0.25) is 19.5 Å². The molecule has 0 spiro atoms. The summed E-state index contributed by atoms with van der Waals surface area (Å²) in [5, 5.41) is 4.23. The zero-order valence-electron chi connectivity index (χ0n) is 21.0. The van der Waals surface area contributed by atoms with Crippen LogP contribution in [0.1, 0.15) is 58.1 Å². The van der Waals surface area contributed by atoms with E-state index in [1.165, 1.54) is 17.1 Å². The summed E-state index contributed by atoms with van der Waals surface area (Å²) in [6, 6.07) is 3.78. The van der Waals surface area contributed by atoms with E-state index < -0.39 is 36.0 Å². The fourth-order valence-electron chi connectivity index (χ4n) is 5.44. The van der Waals surface area contributed by atoms with E-state index in [1.807, 2.05) is 27.7 Å². The number of nitrogens with one attached hydrogen (secondary N) is 2. The number of fused-ring (bicyclic) bond motifs is 3. The third-order valence-corrected chi connectivity index (χ3v) is 7.20. The minimum atomic E-state index is -4.49. The zero-order valence-corrected chi connectivity index (χ0v) is 21.0. The van der Waals surface area contributed by atoms with Gasteiger partial charge in [-0.2, -0.15) is 18.6 Å². The Morgan fingerprint density at radius 1 is 1.17 bits per heavy atom. The molecule has 2 aliphatic heterocycles. The molecule has 198 valence electrons. The van der Waals surface area contributed by atoms with Crippen LogP contribution in [0.3, 0.4) is 0 Å². The largest absolute Gasteiger partial charge is 0.416 e. The third kappa shape index (κ3) is 5.02. The Morgan fingerprint density at radius 2 is 1.89 bits per heavy atom. The maximum absolute atomic E-state index is 13.6. The SMILES string of the molecule is CC(C)CNC(=O)C1CCC2C(=O)N(C(C)C)C3NN(Cc4cccc(C(F)(F)F)c4)C(=O)N3C2C1. The van der Waals surface area contributed by atoms with Gasteiger partial charge in [-0.1, -0.05) is 26.0 Å². The van der Waals surface area contributed by atoms with Crippen molar-refractivity contribution in [3.05, 3.63) is 35.4 Å². The normalized spacial score (nSPS) is 26.5. The second-order valence-electron chi connectivity index (χ2n) is 10.6. The minimum absolute atomic E-state index is 0.0708. The van der Waals surface area contributed by atoms with Gasteiger partial charge in [-0.25, -0.2) is 4.79 Å². The molecule has 1 saturated carbocycles. The molecule has 0 aromatic heterocycles. The summed E-state index contributed by atoms with van der Waals surface area (Å²) in [6.45, 7) is 8.21. The van der Waals surface area contributed by atoms with Crippen LogP contribution in [0.5, 0.6) is 0 Å². The van der Waals surface area contributed by atoms with E-state index in [9.17, 15) is 27.6 Å². The Morgan fingerprint density at radius 3 is 2.53 bits per heavy atom. The first-order valence-corrected chi connectivity index (χ1v) is 12.5. The van der Waals surface area contributed by atoms with Crippen LogP contribution in [-0.4, -0.2) is 57.6 Å². The molecule has 2 saturated heterocycles. The van der Waals surface area contributed by atoms with E-state index in [0.29, 0.717) is 37.3 Å². The molecule has 1 aromatic carbocycles. The van der Waals surface area contributed by atoms with Crippen LogP contribution < -0.4 is 10.7 Å². The minimum Gasteiger partial charge on any atom is -0.356 e. The molecule has 4 unspecified atom stereocenters. The Labute approximate surface area is 209 Å². The number of hydrogen-bond acceptors (Lipinski definition) is 4. The number of hydrogen-bond donors (Lipinski definition) is 2. The number of alkyl halides is 3. The van der Waals surface area contributed by atoms with Gasteiger partial charge in [-0.15, -0.1) is 0 Å². The van der Waals surface area contributed by atoms with E-state index in [-0.39, 0.29) is 30.3 Å². The van der Waals surface area contributed by atoms with E-state index in [2.05, 4.69) is 10.7 Å². The Hall–Kier alpha value is -2.82. The number of halogens is 3. The third-order valence-electron chi connectivity index (χ3n) is 7.20. The molecule has 0 bridgehead atoms. The van der Waals surface area contributed by atoms with Crippen molar-refractivity contribution in [3.8, 4) is 0 Å². The van der Waals surface area contributed by atoms with Crippen molar-refractivity contribution < 1.29 is 27.6 Å². The summed E-state index contributed by atoms with van der Waals surface area (Å²) in [6.07, 6.45) is -3.81. The van der Waals surface area contributed by atoms with E-state index in [0.717, 1.165) is 12.1 Å². The maximum atomic E-state index is 13.6. The van der Waals surface area contributed by atoms with Crippen LogP contribution >= 0.6 is 0 Å². The first kappa shape index (κ1) is 26.2. The number of hydrazine groups is 1. The second-order valence-corrected chi connectivity index (χ2v) is 10.6. The number of nitrogens with zero attached hydrogens (tertiary/aromatic N) is 3. The first-order chi connectivity index (χ1) is 16.9. The molecule has 2 N–H and O–H groups in total. The van der Waals surface area contributed by atoms with Gasteiger partial charge in [0.2, 0.25) is 11.8 Å².